The van der Waals surface area contributed by atoms with Gasteiger partial charge in [0.1, 0.15) is 0 Å². The molecule has 0 unspecified atom stereocenters. The first-order valence-corrected chi connectivity index (χ1v) is 7.61. The molecule has 0 nitrogen and oxygen atoms in total. The summed E-state index contributed by atoms with van der Waals surface area (Å²) in [4.78, 5) is 0. The standard InChI is InChI=1S/2CH4.3ClH.Sn/h2*1H4;3*1H;/q;;;;;+2/p-2. The van der Waals surface area contributed by atoms with Gasteiger partial charge in [-0.15, -0.1) is 12.4 Å². The Morgan fingerprint density at radius 1 is 1.00 bits per heavy atom. The molecule has 4 heteroatoms. The summed E-state index contributed by atoms with van der Waals surface area (Å²) in [7, 11) is 9.87. The second-order valence-electron chi connectivity index (χ2n) is 0.0714. The molecule has 0 bridgehead atoms. The van der Waals surface area contributed by atoms with E-state index in [4.69, 9.17) is 17.8 Å². The van der Waals surface area contributed by atoms with Crippen molar-refractivity contribution in [2.45, 2.75) is 14.9 Å². The molecule has 0 aliphatic heterocycles. The van der Waals surface area contributed by atoms with Gasteiger partial charge in [0, 0.05) is 0 Å². The number of hydrogen-bond donors (Lipinski definition) is 0. The molecule has 0 aliphatic carbocycles. The van der Waals surface area contributed by atoms with E-state index in [1.807, 2.05) is 0 Å². The van der Waals surface area contributed by atoms with Gasteiger partial charge in [0.2, 0.25) is 0 Å². The Bertz CT molecular complexity index is 8.75. The molecule has 0 atom stereocenters. The van der Waals surface area contributed by atoms with Crippen LogP contribution in [0.1, 0.15) is 14.9 Å². The van der Waals surface area contributed by atoms with Gasteiger partial charge in [0.05, 0.1) is 0 Å². The van der Waals surface area contributed by atoms with Crippen molar-refractivity contribution < 1.29 is 0 Å². The number of rotatable bonds is 0. The van der Waals surface area contributed by atoms with Crippen LogP contribution in [0.25, 0.3) is 0 Å². The van der Waals surface area contributed by atoms with Gasteiger partial charge in [-0.05, 0) is 0 Å². The Labute approximate surface area is 63.7 Å². The second-order valence-corrected chi connectivity index (χ2v) is 4.31. The molecule has 0 aromatic carbocycles. The molecule has 6 heavy (non-hydrogen) atoms. The van der Waals surface area contributed by atoms with E-state index in [9.17, 15) is 0 Å². The van der Waals surface area contributed by atoms with Crippen LogP contribution < -0.4 is 0 Å². The van der Waals surface area contributed by atoms with Crippen molar-refractivity contribution in [1.82, 2.24) is 0 Å². The number of hydrogen-bond acceptors (Lipinski definition) is 0. The van der Waals surface area contributed by atoms with E-state index >= 15 is 0 Å². The summed E-state index contributed by atoms with van der Waals surface area (Å²) in [6.45, 7) is 0. The predicted molar refractivity (Wildman–Crippen MR) is 38.2 cm³/mol. The average Bonchev–Trinajstić information content (AvgIpc) is 0.918. The minimum atomic E-state index is -0.826. The molecule has 0 fully saturated rings. The van der Waals surface area contributed by atoms with E-state index in [1.165, 1.54) is 0 Å². The first-order valence-electron chi connectivity index (χ1n) is 0.378. The molecule has 0 N–H and O–H groups in total. The quantitative estimate of drug-likeness (QED) is 0.586. The fraction of sp³-hybridized carbons (Fsp3) is 1.00. The van der Waals surface area contributed by atoms with E-state index in [2.05, 4.69) is 0 Å². The molecular formula is C2H9Cl3Sn. The summed E-state index contributed by atoms with van der Waals surface area (Å²) in [6.07, 6.45) is 0. The summed E-state index contributed by atoms with van der Waals surface area (Å²) < 4.78 is 0. The minimum absolute atomic E-state index is 0. The zero-order chi connectivity index (χ0) is 2.71. The molecule has 0 amide bonds. The van der Waals surface area contributed by atoms with E-state index < -0.39 is 18.9 Å². The third-order valence-electron chi connectivity index (χ3n) is 0. The van der Waals surface area contributed by atoms with Crippen molar-refractivity contribution >= 4 is 49.1 Å². The molecule has 0 aromatic heterocycles. The van der Waals surface area contributed by atoms with Crippen molar-refractivity contribution in [3.05, 3.63) is 0 Å². The summed E-state index contributed by atoms with van der Waals surface area (Å²) in [5.74, 6) is 0. The Morgan fingerprint density at radius 3 is 1.00 bits per heavy atom. The monoisotopic (exact) mass is 258 g/mol. The molecule has 2 radical (unpaired) electrons. The molecule has 0 saturated carbocycles. The molecule has 0 spiro atoms. The van der Waals surface area contributed by atoms with Crippen LogP contribution in [-0.2, 0) is 0 Å². The van der Waals surface area contributed by atoms with Crippen molar-refractivity contribution in [2.75, 3.05) is 0 Å². The van der Waals surface area contributed by atoms with Crippen LogP contribution in [0.15, 0.2) is 0 Å². The molecule has 0 rings (SSSR count). The van der Waals surface area contributed by atoms with E-state index in [0.29, 0.717) is 0 Å². The summed E-state index contributed by atoms with van der Waals surface area (Å²) in [5.41, 5.74) is 0. The second kappa shape index (κ2) is 30.1. The average molecular weight is 258 g/mol. The van der Waals surface area contributed by atoms with Gasteiger partial charge in [0.25, 0.3) is 0 Å². The van der Waals surface area contributed by atoms with Crippen LogP contribution in [0.4, 0.5) is 0 Å². The van der Waals surface area contributed by atoms with Gasteiger partial charge in [0.15, 0.2) is 0 Å². The van der Waals surface area contributed by atoms with Crippen LogP contribution in [-0.4, -0.2) is 18.9 Å². The van der Waals surface area contributed by atoms with Gasteiger partial charge in [-0.2, -0.15) is 0 Å². The van der Waals surface area contributed by atoms with Crippen LogP contribution in [0.2, 0.25) is 0 Å². The summed E-state index contributed by atoms with van der Waals surface area (Å²) in [5, 5.41) is 0. The van der Waals surface area contributed by atoms with Crippen LogP contribution in [0.5, 0.6) is 0 Å². The van der Waals surface area contributed by atoms with Crippen molar-refractivity contribution in [1.29, 1.82) is 0 Å². The van der Waals surface area contributed by atoms with E-state index in [0.717, 1.165) is 0 Å². The summed E-state index contributed by atoms with van der Waals surface area (Å²) >= 11 is -0.826. The molecule has 42 valence electrons. The fourth-order valence-corrected chi connectivity index (χ4v) is 0. The molecule has 0 aromatic rings. The first-order chi connectivity index (χ1) is 1.41. The molecule has 0 saturated heterocycles. The SMILES string of the molecule is C.C.Cl.[Cl][Sn][Cl]. The maximum atomic E-state index is 4.93. The first kappa shape index (κ1) is 25.3. The van der Waals surface area contributed by atoms with E-state index in [1.54, 1.807) is 0 Å². The Kier molecular flexibility index (Phi) is 127. The Morgan fingerprint density at radius 2 is 1.00 bits per heavy atom. The molecular weight excluding hydrogens is 249 g/mol. The topological polar surface area (TPSA) is 0 Å². The zero-order valence-electron chi connectivity index (χ0n) is 1.66. The van der Waals surface area contributed by atoms with Crippen molar-refractivity contribution in [3.63, 3.8) is 0 Å². The summed E-state index contributed by atoms with van der Waals surface area (Å²) in [6, 6.07) is 0. The van der Waals surface area contributed by atoms with Gasteiger partial charge < -0.3 is 0 Å². The predicted octanol–water partition coefficient (Wildman–Crippen LogP) is 2.69. The zero-order valence-corrected chi connectivity index (χ0v) is 6.85. The molecule has 0 heterocycles. The third-order valence-corrected chi connectivity index (χ3v) is 0. The van der Waals surface area contributed by atoms with Gasteiger partial charge >= 0.3 is 36.7 Å². The van der Waals surface area contributed by atoms with E-state index in [-0.39, 0.29) is 27.3 Å². The van der Waals surface area contributed by atoms with Crippen LogP contribution in [0.3, 0.4) is 0 Å². The fourth-order valence-electron chi connectivity index (χ4n) is 0. The van der Waals surface area contributed by atoms with Crippen LogP contribution in [0, 0.1) is 0 Å². The van der Waals surface area contributed by atoms with Crippen molar-refractivity contribution in [2.24, 2.45) is 0 Å². The van der Waals surface area contributed by atoms with Crippen molar-refractivity contribution in [3.8, 4) is 0 Å². The normalized spacial score (nSPS) is 3.00. The van der Waals surface area contributed by atoms with Crippen LogP contribution >= 0.6 is 30.2 Å². The van der Waals surface area contributed by atoms with Gasteiger partial charge in [-0.1, -0.05) is 14.9 Å². The number of halogens is 3. The Balaban J connectivity index is -0.00000000667. The van der Waals surface area contributed by atoms with Gasteiger partial charge in [-0.25, -0.2) is 0 Å². The molecule has 0 aliphatic rings. The van der Waals surface area contributed by atoms with Gasteiger partial charge in [-0.3, -0.25) is 0 Å². The maximum absolute atomic E-state index is 4.93. The third kappa shape index (κ3) is 44.4. The Hall–Kier alpha value is 1.67.